The first-order chi connectivity index (χ1) is 20.7. The zero-order valence-electron chi connectivity index (χ0n) is 22.6. The van der Waals surface area contributed by atoms with Crippen LogP contribution in [0.25, 0.3) is 38.2 Å². The van der Waals surface area contributed by atoms with Gasteiger partial charge < -0.3 is 14.0 Å². The Balaban J connectivity index is 1.34. The number of hydrogen-bond acceptors (Lipinski definition) is 3. The predicted molar refractivity (Wildman–Crippen MR) is 172 cm³/mol. The third-order valence-electron chi connectivity index (χ3n) is 8.87. The summed E-state index contributed by atoms with van der Waals surface area (Å²) in [6.07, 6.45) is 3.80. The van der Waals surface area contributed by atoms with Crippen LogP contribution in [0.4, 0.5) is 0 Å². The lowest BCUT2D eigenvalue weighted by molar-refractivity contribution is 0.226. The molecule has 6 aromatic rings. The van der Waals surface area contributed by atoms with Crippen LogP contribution in [0.15, 0.2) is 145 Å². The summed E-state index contributed by atoms with van der Waals surface area (Å²) in [5.74, 6) is 2.11. The highest BCUT2D eigenvalue weighted by molar-refractivity contribution is 7.80. The summed E-state index contributed by atoms with van der Waals surface area (Å²) in [6.45, 7) is 0. The van der Waals surface area contributed by atoms with Crippen molar-refractivity contribution in [3.05, 3.63) is 151 Å². The third kappa shape index (κ3) is 3.26. The Hall–Kier alpha value is -4.85. The smallest absolute Gasteiger partial charge is 0.164 e. The Morgan fingerprint density at radius 3 is 1.90 bits per heavy atom. The average molecular weight is 561 g/mol. The summed E-state index contributed by atoms with van der Waals surface area (Å²) >= 11 is 0. The van der Waals surface area contributed by atoms with Gasteiger partial charge in [0.2, 0.25) is 0 Å². The Morgan fingerprint density at radius 1 is 0.571 bits per heavy atom. The molecule has 3 atom stereocenters. The van der Waals surface area contributed by atoms with E-state index in [0.717, 1.165) is 54.4 Å². The largest absolute Gasteiger partial charge is 0.484 e. The first kappa shape index (κ1) is 23.8. The summed E-state index contributed by atoms with van der Waals surface area (Å²) in [5, 5.41) is 5.62. The first-order valence-electron chi connectivity index (χ1n) is 14.3. The van der Waals surface area contributed by atoms with Gasteiger partial charge in [0.25, 0.3) is 0 Å². The van der Waals surface area contributed by atoms with Gasteiger partial charge in [-0.2, -0.15) is 0 Å². The van der Waals surface area contributed by atoms with Crippen LogP contribution < -0.4 is 20.1 Å². The highest BCUT2D eigenvalue weighted by Gasteiger charge is 2.55. The quantitative estimate of drug-likeness (QED) is 0.199. The molecule has 1 aliphatic carbocycles. The molecule has 0 aromatic heterocycles. The standard InChI is InChI=1S/C38H25O3P/c39-42-34-20-18-25-12-4-6-16-30(25)36(34)40-32-22-27(29-15-9-8-14-28(29)24-10-2-1-3-11-24)23-33(38(32)42)41-37-31-17-7-5-13-26(31)19-21-35(37)42/h1-23,32,38H. The number of allylic oxidation sites excluding steroid dienone is 2. The molecule has 0 bridgehead atoms. The van der Waals surface area contributed by atoms with Gasteiger partial charge in [-0.25, -0.2) is 0 Å². The van der Waals surface area contributed by atoms with Crippen LogP contribution in [0, 0.1) is 0 Å². The molecule has 0 radical (unpaired) electrons. The van der Waals surface area contributed by atoms with E-state index < -0.39 is 18.9 Å². The minimum Gasteiger partial charge on any atom is -0.484 e. The minimum absolute atomic E-state index is 0.438. The number of hydrogen-bond donors (Lipinski definition) is 0. The van der Waals surface area contributed by atoms with E-state index in [-0.39, 0.29) is 0 Å². The van der Waals surface area contributed by atoms with Gasteiger partial charge in [-0.1, -0.05) is 115 Å². The second-order valence-corrected chi connectivity index (χ2v) is 14.0. The SMILES string of the molecule is O=P12c3ccc4ccccc4c3OC3=CC(c4ccccc4-c4ccccc4)=CC(Oc4c1ccc1ccccc41)C32. The molecule has 42 heavy (non-hydrogen) atoms. The molecule has 2 aliphatic heterocycles. The van der Waals surface area contributed by atoms with Gasteiger partial charge in [-0.3, -0.25) is 0 Å². The summed E-state index contributed by atoms with van der Waals surface area (Å²) in [6, 6.07) is 43.4. The first-order valence-corrected chi connectivity index (χ1v) is 16.0. The molecule has 0 fully saturated rings. The Bertz CT molecular complexity index is 2190. The zero-order valence-corrected chi connectivity index (χ0v) is 23.5. The van der Waals surface area contributed by atoms with Crippen LogP contribution in [-0.2, 0) is 4.57 Å². The normalized spacial score (nSPS) is 21.7. The highest BCUT2D eigenvalue weighted by atomic mass is 31.2. The van der Waals surface area contributed by atoms with Crippen molar-refractivity contribution in [2.45, 2.75) is 11.8 Å². The molecule has 0 saturated carbocycles. The Morgan fingerprint density at radius 2 is 1.17 bits per heavy atom. The van der Waals surface area contributed by atoms with Crippen molar-refractivity contribution in [3.8, 4) is 22.6 Å². The highest BCUT2D eigenvalue weighted by Crippen LogP contribution is 2.64. The van der Waals surface area contributed by atoms with Gasteiger partial charge in [0, 0.05) is 10.8 Å². The second-order valence-electron chi connectivity index (χ2n) is 11.1. The molecule has 6 aromatic carbocycles. The second kappa shape index (κ2) is 8.82. The molecule has 200 valence electrons. The van der Waals surface area contributed by atoms with Gasteiger partial charge >= 0.3 is 0 Å². The predicted octanol–water partition coefficient (Wildman–Crippen LogP) is 8.48. The van der Waals surface area contributed by atoms with Crippen molar-refractivity contribution < 1.29 is 14.0 Å². The molecule has 0 N–H and O–H groups in total. The summed E-state index contributed by atoms with van der Waals surface area (Å²) in [4.78, 5) is 0. The van der Waals surface area contributed by atoms with Crippen molar-refractivity contribution in [1.29, 1.82) is 0 Å². The van der Waals surface area contributed by atoms with E-state index in [4.69, 9.17) is 9.47 Å². The van der Waals surface area contributed by atoms with E-state index in [1.54, 1.807) is 0 Å². The fraction of sp³-hybridized carbons (Fsp3) is 0.0526. The molecular formula is C38H25O3P. The summed E-state index contributed by atoms with van der Waals surface area (Å²) in [5.41, 5.74) is 3.93. The maximum atomic E-state index is 15.9. The lowest BCUT2D eigenvalue weighted by Gasteiger charge is -2.45. The summed E-state index contributed by atoms with van der Waals surface area (Å²) in [7, 11) is -3.23. The van der Waals surface area contributed by atoms with Crippen LogP contribution in [0.2, 0.25) is 0 Å². The minimum atomic E-state index is -3.23. The van der Waals surface area contributed by atoms with E-state index in [1.165, 1.54) is 0 Å². The average Bonchev–Trinajstić information content (AvgIpc) is 3.05. The number of ether oxygens (including phenoxy) is 2. The monoisotopic (exact) mass is 560 g/mol. The number of benzene rings is 6. The number of fused-ring (bicyclic) bond motifs is 8. The fourth-order valence-electron chi connectivity index (χ4n) is 6.96. The van der Waals surface area contributed by atoms with Crippen LogP contribution in [-0.4, -0.2) is 11.8 Å². The maximum absolute atomic E-state index is 15.9. The van der Waals surface area contributed by atoms with Crippen molar-refractivity contribution in [3.63, 3.8) is 0 Å². The lowest BCUT2D eigenvalue weighted by atomic mass is 9.90. The summed E-state index contributed by atoms with van der Waals surface area (Å²) < 4.78 is 29.6. The molecule has 2 heterocycles. The van der Waals surface area contributed by atoms with Crippen LogP contribution in [0.1, 0.15) is 5.56 Å². The topological polar surface area (TPSA) is 35.5 Å². The maximum Gasteiger partial charge on any atom is 0.164 e. The van der Waals surface area contributed by atoms with E-state index in [0.29, 0.717) is 17.3 Å². The molecule has 4 heteroatoms. The van der Waals surface area contributed by atoms with E-state index in [2.05, 4.69) is 97.1 Å². The molecule has 0 saturated heterocycles. The van der Waals surface area contributed by atoms with Crippen molar-refractivity contribution in [2.75, 3.05) is 0 Å². The Kier molecular flexibility index (Phi) is 5.00. The zero-order chi connectivity index (χ0) is 27.8. The van der Waals surface area contributed by atoms with E-state index in [1.807, 2.05) is 42.5 Å². The van der Waals surface area contributed by atoms with Crippen molar-refractivity contribution >= 4 is 44.9 Å². The van der Waals surface area contributed by atoms with Gasteiger partial charge in [0.15, 0.2) is 7.14 Å². The van der Waals surface area contributed by atoms with E-state index >= 15 is 4.57 Å². The van der Waals surface area contributed by atoms with E-state index in [9.17, 15) is 0 Å². The van der Waals surface area contributed by atoms with Crippen LogP contribution in [0.5, 0.6) is 11.5 Å². The molecule has 3 unspecified atom stereocenters. The lowest BCUT2D eigenvalue weighted by Crippen LogP contribution is -2.48. The molecule has 3 nitrogen and oxygen atoms in total. The van der Waals surface area contributed by atoms with Crippen LogP contribution >= 0.6 is 7.14 Å². The molecule has 0 amide bonds. The molecule has 9 rings (SSSR count). The third-order valence-corrected chi connectivity index (χ3v) is 12.3. The Labute approximate surface area is 243 Å². The van der Waals surface area contributed by atoms with Crippen molar-refractivity contribution in [1.82, 2.24) is 0 Å². The van der Waals surface area contributed by atoms with Gasteiger partial charge in [-0.05, 0) is 57.3 Å². The number of rotatable bonds is 2. The molecule has 0 spiro atoms. The van der Waals surface area contributed by atoms with Gasteiger partial charge in [0.1, 0.15) is 29.0 Å². The van der Waals surface area contributed by atoms with Gasteiger partial charge in [0.05, 0.1) is 10.6 Å². The van der Waals surface area contributed by atoms with Crippen LogP contribution in [0.3, 0.4) is 0 Å². The molecule has 3 aliphatic rings. The molecular weight excluding hydrogens is 535 g/mol. The van der Waals surface area contributed by atoms with Crippen molar-refractivity contribution in [2.24, 2.45) is 0 Å². The van der Waals surface area contributed by atoms with Gasteiger partial charge in [-0.15, -0.1) is 0 Å². The fourth-order valence-corrected chi connectivity index (χ4v) is 10.4.